The third-order valence-electron chi connectivity index (χ3n) is 3.65. The Morgan fingerprint density at radius 2 is 2.19 bits per heavy atom. The fourth-order valence-corrected chi connectivity index (χ4v) is 3.94. The number of hydrogen-bond acceptors (Lipinski definition) is 5. The van der Waals surface area contributed by atoms with Gasteiger partial charge in [-0.15, -0.1) is 28.1 Å². The summed E-state index contributed by atoms with van der Waals surface area (Å²) in [5.41, 5.74) is 2.95. The summed E-state index contributed by atoms with van der Waals surface area (Å²) in [5, 5.41) is 14.3. The fourth-order valence-electron chi connectivity index (χ4n) is 2.51. The van der Waals surface area contributed by atoms with Crippen LogP contribution in [0, 0.1) is 13.8 Å². The van der Waals surface area contributed by atoms with E-state index in [0.717, 1.165) is 22.6 Å². The van der Waals surface area contributed by atoms with Crippen molar-refractivity contribution in [2.45, 2.75) is 25.5 Å². The van der Waals surface area contributed by atoms with Crippen molar-refractivity contribution in [2.75, 3.05) is 11.1 Å². The average Bonchev–Trinajstić information content (AvgIpc) is 3.19. The molecule has 0 spiro atoms. The van der Waals surface area contributed by atoms with Gasteiger partial charge in [0.25, 0.3) is 0 Å². The fraction of sp³-hybridized carbons (Fsp3) is 0.211. The lowest BCUT2D eigenvalue weighted by Crippen LogP contribution is -2.14. The van der Waals surface area contributed by atoms with Crippen molar-refractivity contribution in [3.8, 4) is 11.4 Å². The first-order chi connectivity index (χ1) is 12.6. The van der Waals surface area contributed by atoms with E-state index in [9.17, 15) is 4.79 Å². The number of amides is 1. The smallest absolute Gasteiger partial charge is 0.234 e. The van der Waals surface area contributed by atoms with Gasteiger partial charge in [0.2, 0.25) is 5.91 Å². The molecule has 5 nitrogen and oxygen atoms in total. The Morgan fingerprint density at radius 3 is 2.88 bits per heavy atom. The van der Waals surface area contributed by atoms with Crippen LogP contribution >= 0.6 is 23.1 Å². The molecule has 7 heteroatoms. The van der Waals surface area contributed by atoms with Crippen LogP contribution in [0.4, 0.5) is 5.69 Å². The normalized spacial score (nSPS) is 10.7. The van der Waals surface area contributed by atoms with Crippen molar-refractivity contribution in [3.63, 3.8) is 0 Å². The summed E-state index contributed by atoms with van der Waals surface area (Å²) in [6, 6.07) is 9.84. The van der Waals surface area contributed by atoms with Crippen molar-refractivity contribution in [3.05, 3.63) is 58.8 Å². The lowest BCUT2D eigenvalue weighted by molar-refractivity contribution is -0.113. The van der Waals surface area contributed by atoms with Gasteiger partial charge in [0.1, 0.15) is 0 Å². The maximum atomic E-state index is 12.2. The number of aryl methyl sites for hydroxylation is 2. The first kappa shape index (κ1) is 18.4. The molecule has 0 saturated heterocycles. The van der Waals surface area contributed by atoms with Crippen LogP contribution in [-0.4, -0.2) is 26.4 Å². The van der Waals surface area contributed by atoms with Gasteiger partial charge in [-0.05, 0) is 37.6 Å². The van der Waals surface area contributed by atoms with Crippen LogP contribution in [0.3, 0.4) is 0 Å². The standard InChI is InChI=1S/C19H20N4OS2/c1-4-8-23-18(15-10-14(3)25-11-15)21-22-19(23)26-12-17(24)20-16-7-5-6-13(2)9-16/h4-7,9-11H,1,8,12H2,2-3H3,(H,20,24). The molecule has 0 unspecified atom stereocenters. The number of rotatable bonds is 7. The first-order valence-electron chi connectivity index (χ1n) is 8.15. The highest BCUT2D eigenvalue weighted by Gasteiger charge is 2.15. The molecule has 2 aromatic heterocycles. The number of nitrogens with zero attached hydrogens (tertiary/aromatic N) is 3. The first-order valence-corrected chi connectivity index (χ1v) is 10.0. The van der Waals surface area contributed by atoms with Crippen LogP contribution in [0.25, 0.3) is 11.4 Å². The molecule has 1 aromatic carbocycles. The maximum absolute atomic E-state index is 12.2. The van der Waals surface area contributed by atoms with Crippen LogP contribution in [0.5, 0.6) is 0 Å². The lowest BCUT2D eigenvalue weighted by Gasteiger charge is -2.08. The second-order valence-corrected chi connectivity index (χ2v) is 7.92. The predicted octanol–water partition coefficient (Wildman–Crippen LogP) is 4.54. The van der Waals surface area contributed by atoms with E-state index in [-0.39, 0.29) is 11.7 Å². The van der Waals surface area contributed by atoms with Gasteiger partial charge in [0.05, 0.1) is 5.75 Å². The average molecular weight is 385 g/mol. The quantitative estimate of drug-likeness (QED) is 0.480. The van der Waals surface area contributed by atoms with Crippen molar-refractivity contribution in [1.82, 2.24) is 14.8 Å². The van der Waals surface area contributed by atoms with E-state index in [1.54, 1.807) is 11.3 Å². The Hall–Kier alpha value is -2.38. The second-order valence-electron chi connectivity index (χ2n) is 5.86. The molecule has 0 saturated carbocycles. The van der Waals surface area contributed by atoms with Crippen LogP contribution in [0.15, 0.2) is 53.5 Å². The monoisotopic (exact) mass is 384 g/mol. The molecule has 26 heavy (non-hydrogen) atoms. The summed E-state index contributed by atoms with van der Waals surface area (Å²) in [4.78, 5) is 13.5. The Kier molecular flexibility index (Phi) is 5.90. The molecule has 0 bridgehead atoms. The number of allylic oxidation sites excluding steroid dienone is 1. The van der Waals surface area contributed by atoms with Crippen LogP contribution in [0.1, 0.15) is 10.4 Å². The minimum absolute atomic E-state index is 0.0679. The summed E-state index contributed by atoms with van der Waals surface area (Å²) < 4.78 is 1.99. The van der Waals surface area contributed by atoms with Gasteiger partial charge in [-0.1, -0.05) is 30.0 Å². The van der Waals surface area contributed by atoms with Gasteiger partial charge >= 0.3 is 0 Å². The minimum atomic E-state index is -0.0679. The molecule has 0 fully saturated rings. The van der Waals surface area contributed by atoms with E-state index in [1.807, 2.05) is 41.8 Å². The van der Waals surface area contributed by atoms with E-state index >= 15 is 0 Å². The molecule has 0 aliphatic rings. The third-order valence-corrected chi connectivity index (χ3v) is 5.48. The van der Waals surface area contributed by atoms with Gasteiger partial charge in [0.15, 0.2) is 11.0 Å². The van der Waals surface area contributed by atoms with Gasteiger partial charge in [-0.2, -0.15) is 0 Å². The van der Waals surface area contributed by atoms with E-state index in [0.29, 0.717) is 11.7 Å². The van der Waals surface area contributed by atoms with Gasteiger partial charge < -0.3 is 5.32 Å². The largest absolute Gasteiger partial charge is 0.325 e. The van der Waals surface area contributed by atoms with Crippen LogP contribution in [0.2, 0.25) is 0 Å². The molecule has 134 valence electrons. The Bertz CT molecular complexity index is 929. The number of thiophene rings is 1. The molecule has 3 rings (SSSR count). The summed E-state index contributed by atoms with van der Waals surface area (Å²) in [5.74, 6) is 1.00. The van der Waals surface area contributed by atoms with Crippen molar-refractivity contribution in [2.24, 2.45) is 0 Å². The molecule has 1 amide bonds. The highest BCUT2D eigenvalue weighted by atomic mass is 32.2. The lowest BCUT2D eigenvalue weighted by atomic mass is 10.2. The number of carbonyl (C=O) groups excluding carboxylic acids is 1. The second kappa shape index (κ2) is 8.33. The Morgan fingerprint density at radius 1 is 1.35 bits per heavy atom. The molecule has 0 aliphatic heterocycles. The number of aromatic nitrogens is 3. The van der Waals surface area contributed by atoms with E-state index in [4.69, 9.17) is 0 Å². The number of hydrogen-bond donors (Lipinski definition) is 1. The van der Waals surface area contributed by atoms with Crippen LogP contribution in [-0.2, 0) is 11.3 Å². The van der Waals surface area contributed by atoms with E-state index in [2.05, 4.69) is 40.5 Å². The summed E-state index contributed by atoms with van der Waals surface area (Å²) in [7, 11) is 0. The SMILES string of the molecule is C=CCn1c(SCC(=O)Nc2cccc(C)c2)nnc1-c1csc(C)c1. The third kappa shape index (κ3) is 4.42. The molecule has 0 radical (unpaired) electrons. The zero-order chi connectivity index (χ0) is 18.5. The number of anilines is 1. The summed E-state index contributed by atoms with van der Waals surface area (Å²) in [6.45, 7) is 8.47. The molecule has 1 N–H and O–H groups in total. The minimum Gasteiger partial charge on any atom is -0.325 e. The van der Waals surface area contributed by atoms with Crippen molar-refractivity contribution >= 4 is 34.7 Å². The number of carbonyl (C=O) groups is 1. The van der Waals surface area contributed by atoms with Gasteiger partial charge in [0, 0.05) is 28.1 Å². The highest BCUT2D eigenvalue weighted by Crippen LogP contribution is 2.27. The molecule has 0 aliphatic carbocycles. The predicted molar refractivity (Wildman–Crippen MR) is 109 cm³/mol. The summed E-state index contributed by atoms with van der Waals surface area (Å²) >= 11 is 3.05. The van der Waals surface area contributed by atoms with Gasteiger partial charge in [-0.25, -0.2) is 0 Å². The molecule has 2 heterocycles. The Balaban J connectivity index is 1.70. The van der Waals surface area contributed by atoms with E-state index < -0.39 is 0 Å². The van der Waals surface area contributed by atoms with E-state index in [1.165, 1.54) is 16.6 Å². The van der Waals surface area contributed by atoms with Crippen molar-refractivity contribution in [1.29, 1.82) is 0 Å². The zero-order valence-electron chi connectivity index (χ0n) is 14.7. The zero-order valence-corrected chi connectivity index (χ0v) is 16.4. The molecule has 3 aromatic rings. The summed E-state index contributed by atoms with van der Waals surface area (Å²) in [6.07, 6.45) is 1.81. The number of nitrogens with one attached hydrogen (secondary N) is 1. The molecule has 0 atom stereocenters. The topological polar surface area (TPSA) is 59.8 Å². The van der Waals surface area contributed by atoms with Gasteiger partial charge in [-0.3, -0.25) is 9.36 Å². The van der Waals surface area contributed by atoms with Crippen LogP contribution < -0.4 is 5.32 Å². The van der Waals surface area contributed by atoms with Crippen molar-refractivity contribution < 1.29 is 4.79 Å². The number of benzene rings is 1. The molecular weight excluding hydrogens is 364 g/mol. The maximum Gasteiger partial charge on any atom is 0.234 e. The Labute approximate surface area is 161 Å². The number of thioether (sulfide) groups is 1. The highest BCUT2D eigenvalue weighted by molar-refractivity contribution is 7.99. The molecular formula is C19H20N4OS2.